The SMILES string of the molecule is CCNC(=NCc1ccccc1Oc1ccccc1)NCc1ccccn1. The van der Waals surface area contributed by atoms with Crippen LogP contribution in [0.25, 0.3) is 0 Å². The van der Waals surface area contributed by atoms with E-state index < -0.39 is 0 Å². The maximum absolute atomic E-state index is 6.01. The molecule has 0 amide bonds. The highest BCUT2D eigenvalue weighted by atomic mass is 16.5. The van der Waals surface area contributed by atoms with Gasteiger partial charge in [0.2, 0.25) is 0 Å². The first-order chi connectivity index (χ1) is 13.3. The zero-order chi connectivity index (χ0) is 18.7. The third kappa shape index (κ3) is 5.85. The largest absolute Gasteiger partial charge is 0.457 e. The lowest BCUT2D eigenvalue weighted by atomic mass is 10.2. The van der Waals surface area contributed by atoms with Crippen LogP contribution in [0.1, 0.15) is 18.2 Å². The van der Waals surface area contributed by atoms with Crippen molar-refractivity contribution in [1.82, 2.24) is 15.6 Å². The van der Waals surface area contributed by atoms with Crippen molar-refractivity contribution in [3.8, 4) is 11.5 Å². The molecule has 0 aliphatic heterocycles. The highest BCUT2D eigenvalue weighted by molar-refractivity contribution is 5.79. The molecule has 1 heterocycles. The molecule has 0 bridgehead atoms. The molecule has 138 valence electrons. The van der Waals surface area contributed by atoms with Crippen LogP contribution in [-0.2, 0) is 13.1 Å². The van der Waals surface area contributed by atoms with Gasteiger partial charge in [-0.2, -0.15) is 0 Å². The molecule has 0 aliphatic rings. The first-order valence-electron chi connectivity index (χ1n) is 9.08. The van der Waals surface area contributed by atoms with Crippen molar-refractivity contribution >= 4 is 5.96 Å². The van der Waals surface area contributed by atoms with Crippen LogP contribution in [0, 0.1) is 0 Å². The quantitative estimate of drug-likeness (QED) is 0.491. The smallest absolute Gasteiger partial charge is 0.191 e. The second kappa shape index (κ2) is 9.97. The zero-order valence-corrected chi connectivity index (χ0v) is 15.4. The molecule has 27 heavy (non-hydrogen) atoms. The van der Waals surface area contributed by atoms with E-state index in [-0.39, 0.29) is 0 Å². The van der Waals surface area contributed by atoms with Gasteiger partial charge in [0.1, 0.15) is 11.5 Å². The molecule has 0 saturated heterocycles. The Morgan fingerprint density at radius 1 is 0.926 bits per heavy atom. The molecular formula is C22H24N4O. The number of hydrogen-bond acceptors (Lipinski definition) is 3. The molecule has 0 spiro atoms. The second-order valence-corrected chi connectivity index (χ2v) is 5.89. The summed E-state index contributed by atoms with van der Waals surface area (Å²) in [4.78, 5) is 9.01. The van der Waals surface area contributed by atoms with Crippen molar-refractivity contribution in [2.45, 2.75) is 20.0 Å². The maximum atomic E-state index is 6.01. The van der Waals surface area contributed by atoms with Crippen molar-refractivity contribution in [3.63, 3.8) is 0 Å². The Morgan fingerprint density at radius 3 is 2.48 bits per heavy atom. The van der Waals surface area contributed by atoms with Crippen LogP contribution >= 0.6 is 0 Å². The molecule has 1 aromatic heterocycles. The van der Waals surface area contributed by atoms with Crippen LogP contribution in [0.3, 0.4) is 0 Å². The van der Waals surface area contributed by atoms with E-state index in [1.165, 1.54) is 0 Å². The first kappa shape index (κ1) is 18.5. The van der Waals surface area contributed by atoms with Gasteiger partial charge in [-0.25, -0.2) is 4.99 Å². The minimum Gasteiger partial charge on any atom is -0.457 e. The van der Waals surface area contributed by atoms with E-state index in [4.69, 9.17) is 4.74 Å². The third-order valence-electron chi connectivity index (χ3n) is 3.86. The van der Waals surface area contributed by atoms with Crippen molar-refractivity contribution in [2.75, 3.05) is 6.54 Å². The van der Waals surface area contributed by atoms with Gasteiger partial charge in [-0.3, -0.25) is 4.98 Å². The molecule has 2 aromatic carbocycles. The average molecular weight is 360 g/mol. The van der Waals surface area contributed by atoms with Gasteiger partial charge in [-0.05, 0) is 37.3 Å². The summed E-state index contributed by atoms with van der Waals surface area (Å²) in [5.74, 6) is 2.37. The predicted octanol–water partition coefficient (Wildman–Crippen LogP) is 4.13. The predicted molar refractivity (Wildman–Crippen MR) is 109 cm³/mol. The Kier molecular flexibility index (Phi) is 6.81. The summed E-state index contributed by atoms with van der Waals surface area (Å²) < 4.78 is 6.01. The minimum atomic E-state index is 0.514. The van der Waals surface area contributed by atoms with Crippen LogP contribution in [0.2, 0.25) is 0 Å². The van der Waals surface area contributed by atoms with Crippen LogP contribution in [0.15, 0.2) is 84.0 Å². The summed E-state index contributed by atoms with van der Waals surface area (Å²) in [5.41, 5.74) is 1.99. The topological polar surface area (TPSA) is 58.5 Å². The van der Waals surface area contributed by atoms with Crippen molar-refractivity contribution in [3.05, 3.63) is 90.3 Å². The molecule has 0 radical (unpaired) electrons. The summed E-state index contributed by atoms with van der Waals surface area (Å²) >= 11 is 0. The molecule has 0 saturated carbocycles. The molecule has 5 nitrogen and oxygen atoms in total. The molecule has 5 heteroatoms. The highest BCUT2D eigenvalue weighted by Gasteiger charge is 2.05. The first-order valence-corrected chi connectivity index (χ1v) is 9.08. The summed E-state index contributed by atoms with van der Waals surface area (Å²) in [6, 6.07) is 23.6. The van der Waals surface area contributed by atoms with Gasteiger partial charge >= 0.3 is 0 Å². The van der Waals surface area contributed by atoms with Crippen LogP contribution in [0.4, 0.5) is 0 Å². The number of nitrogens with zero attached hydrogens (tertiary/aromatic N) is 2. The fraction of sp³-hybridized carbons (Fsp3) is 0.182. The lowest BCUT2D eigenvalue weighted by molar-refractivity contribution is 0.476. The molecule has 0 fully saturated rings. The van der Waals surface area contributed by atoms with E-state index in [1.54, 1.807) is 6.20 Å². The zero-order valence-electron chi connectivity index (χ0n) is 15.4. The van der Waals surface area contributed by atoms with Gasteiger partial charge in [0.25, 0.3) is 0 Å². The fourth-order valence-electron chi connectivity index (χ4n) is 2.53. The normalized spacial score (nSPS) is 11.1. The summed E-state index contributed by atoms with van der Waals surface area (Å²) in [7, 11) is 0. The fourth-order valence-corrected chi connectivity index (χ4v) is 2.53. The molecule has 3 aromatic rings. The average Bonchev–Trinajstić information content (AvgIpc) is 2.72. The maximum Gasteiger partial charge on any atom is 0.191 e. The number of pyridine rings is 1. The van der Waals surface area contributed by atoms with Gasteiger partial charge in [0.05, 0.1) is 18.8 Å². The summed E-state index contributed by atoms with van der Waals surface area (Å²) in [5, 5.41) is 6.57. The standard InChI is InChI=1S/C22H24N4O/c1-2-23-22(26-17-19-11-8-9-15-24-19)25-16-18-10-6-7-14-21(18)27-20-12-4-3-5-13-20/h3-15H,2,16-17H2,1H3,(H2,23,25,26). The molecule has 2 N–H and O–H groups in total. The monoisotopic (exact) mass is 360 g/mol. The second-order valence-electron chi connectivity index (χ2n) is 5.89. The number of hydrogen-bond donors (Lipinski definition) is 2. The van der Waals surface area contributed by atoms with Gasteiger partial charge in [-0.15, -0.1) is 0 Å². The summed E-state index contributed by atoms with van der Waals surface area (Å²) in [6.45, 7) is 3.97. The van der Waals surface area contributed by atoms with E-state index in [1.807, 2.05) is 79.7 Å². The molecule has 0 atom stereocenters. The minimum absolute atomic E-state index is 0.514. The van der Waals surface area contributed by atoms with Gasteiger partial charge in [0, 0.05) is 18.3 Å². The van der Waals surface area contributed by atoms with E-state index >= 15 is 0 Å². The highest BCUT2D eigenvalue weighted by Crippen LogP contribution is 2.25. The number of nitrogens with one attached hydrogen (secondary N) is 2. The Morgan fingerprint density at radius 2 is 1.70 bits per heavy atom. The van der Waals surface area contributed by atoms with E-state index in [0.717, 1.165) is 35.3 Å². The van der Waals surface area contributed by atoms with Gasteiger partial charge < -0.3 is 15.4 Å². The number of aliphatic imine (C=N–C) groups is 1. The summed E-state index contributed by atoms with van der Waals surface area (Å²) in [6.07, 6.45) is 1.79. The Hall–Kier alpha value is -3.34. The molecule has 0 aliphatic carbocycles. The van der Waals surface area contributed by atoms with Gasteiger partial charge in [0.15, 0.2) is 5.96 Å². The molecule has 0 unspecified atom stereocenters. The van der Waals surface area contributed by atoms with Crippen LogP contribution in [-0.4, -0.2) is 17.5 Å². The van der Waals surface area contributed by atoms with Crippen molar-refractivity contribution in [2.24, 2.45) is 4.99 Å². The van der Waals surface area contributed by atoms with Crippen molar-refractivity contribution < 1.29 is 4.74 Å². The third-order valence-corrected chi connectivity index (χ3v) is 3.86. The molecular weight excluding hydrogens is 336 g/mol. The molecule has 3 rings (SSSR count). The number of guanidine groups is 1. The Labute approximate surface area is 160 Å². The van der Waals surface area contributed by atoms with E-state index in [0.29, 0.717) is 13.1 Å². The van der Waals surface area contributed by atoms with E-state index in [2.05, 4.69) is 20.6 Å². The lowest BCUT2D eigenvalue weighted by Crippen LogP contribution is -2.37. The Balaban J connectivity index is 1.68. The van der Waals surface area contributed by atoms with Gasteiger partial charge in [-0.1, -0.05) is 42.5 Å². The number of aromatic nitrogens is 1. The number of benzene rings is 2. The number of rotatable bonds is 7. The lowest BCUT2D eigenvalue weighted by Gasteiger charge is -2.13. The Bertz CT molecular complexity index is 850. The van der Waals surface area contributed by atoms with Crippen LogP contribution in [0.5, 0.6) is 11.5 Å². The number of para-hydroxylation sites is 2. The van der Waals surface area contributed by atoms with E-state index in [9.17, 15) is 0 Å². The number of ether oxygens (including phenoxy) is 1. The van der Waals surface area contributed by atoms with Crippen LogP contribution < -0.4 is 15.4 Å². The van der Waals surface area contributed by atoms with Crippen molar-refractivity contribution in [1.29, 1.82) is 0 Å².